The average Bonchev–Trinajstić information content (AvgIpc) is 2.62. The van der Waals surface area contributed by atoms with Gasteiger partial charge in [0.25, 0.3) is 5.56 Å². The molecular weight excluding hydrogens is 276 g/mol. The second-order valence-electron chi connectivity index (χ2n) is 5.28. The summed E-state index contributed by atoms with van der Waals surface area (Å²) < 4.78 is 1.95. The zero-order valence-corrected chi connectivity index (χ0v) is 12.4. The number of hydrogen-bond acceptors (Lipinski definition) is 4. The Morgan fingerprint density at radius 3 is 3.05 bits per heavy atom. The third kappa shape index (κ3) is 1.86. The molecule has 0 aliphatic carbocycles. The third-order valence-corrected chi connectivity index (χ3v) is 6.38. The minimum absolute atomic E-state index is 0.228. The number of aryl methyl sites for hydroxylation is 2. The van der Waals surface area contributed by atoms with E-state index in [4.69, 9.17) is 4.98 Å². The molecule has 0 amide bonds. The van der Waals surface area contributed by atoms with E-state index < -0.39 is 0 Å². The Labute approximate surface area is 120 Å². The van der Waals surface area contributed by atoms with Crippen LogP contribution in [-0.2, 0) is 25.1 Å². The van der Waals surface area contributed by atoms with Gasteiger partial charge in [0.15, 0.2) is 0 Å². The predicted octanol–water partition coefficient (Wildman–Crippen LogP) is 2.97. The van der Waals surface area contributed by atoms with Crippen LogP contribution in [0.3, 0.4) is 0 Å². The number of hydrogen-bond donors (Lipinski definition) is 0. The summed E-state index contributed by atoms with van der Waals surface area (Å²) >= 11 is 3.72. The first-order valence-corrected chi connectivity index (χ1v) is 8.93. The molecule has 0 fully saturated rings. The van der Waals surface area contributed by atoms with E-state index in [9.17, 15) is 4.79 Å². The van der Waals surface area contributed by atoms with E-state index in [1.807, 2.05) is 16.3 Å². The highest BCUT2D eigenvalue weighted by atomic mass is 32.2. The summed E-state index contributed by atoms with van der Waals surface area (Å²) in [5, 5.41) is 0.936. The van der Waals surface area contributed by atoms with Crippen LogP contribution in [-0.4, -0.2) is 15.3 Å². The van der Waals surface area contributed by atoms with Gasteiger partial charge in [-0.1, -0.05) is 6.42 Å². The van der Waals surface area contributed by atoms with Gasteiger partial charge in [-0.3, -0.25) is 9.36 Å². The van der Waals surface area contributed by atoms with Crippen molar-refractivity contribution in [2.75, 3.05) is 5.75 Å². The van der Waals surface area contributed by atoms with E-state index in [1.54, 1.807) is 11.3 Å². The van der Waals surface area contributed by atoms with E-state index in [0.717, 1.165) is 53.4 Å². The van der Waals surface area contributed by atoms with Crippen LogP contribution < -0.4 is 5.56 Å². The second-order valence-corrected chi connectivity index (χ2v) is 7.47. The van der Waals surface area contributed by atoms with Crippen LogP contribution in [0.1, 0.15) is 35.5 Å². The first-order chi connectivity index (χ1) is 9.34. The highest BCUT2D eigenvalue weighted by Gasteiger charge is 2.22. The zero-order chi connectivity index (χ0) is 12.8. The summed E-state index contributed by atoms with van der Waals surface area (Å²) in [6.45, 7) is 0.858. The first kappa shape index (κ1) is 12.0. The average molecular weight is 292 g/mol. The summed E-state index contributed by atoms with van der Waals surface area (Å²) in [4.78, 5) is 20.0. The fourth-order valence-electron chi connectivity index (χ4n) is 3.10. The highest BCUT2D eigenvalue weighted by molar-refractivity contribution is 7.98. The highest BCUT2D eigenvalue weighted by Crippen LogP contribution is 2.35. The number of aromatic nitrogens is 2. The number of thiophene rings is 1. The van der Waals surface area contributed by atoms with Crippen LogP contribution in [0.15, 0.2) is 4.79 Å². The van der Waals surface area contributed by atoms with Crippen molar-refractivity contribution >= 4 is 33.3 Å². The van der Waals surface area contributed by atoms with Gasteiger partial charge >= 0.3 is 0 Å². The monoisotopic (exact) mass is 292 g/mol. The summed E-state index contributed by atoms with van der Waals surface area (Å²) in [5.41, 5.74) is 1.53. The maximum Gasteiger partial charge on any atom is 0.262 e. The van der Waals surface area contributed by atoms with Gasteiger partial charge in [-0.2, -0.15) is 11.8 Å². The molecule has 2 aromatic heterocycles. The van der Waals surface area contributed by atoms with Crippen LogP contribution in [0.4, 0.5) is 0 Å². The Kier molecular flexibility index (Phi) is 2.92. The van der Waals surface area contributed by atoms with Crippen molar-refractivity contribution < 1.29 is 0 Å². The van der Waals surface area contributed by atoms with E-state index in [1.165, 1.54) is 23.3 Å². The number of nitrogens with zero attached hydrogens (tertiary/aromatic N) is 2. The maximum atomic E-state index is 12.8. The zero-order valence-electron chi connectivity index (χ0n) is 10.8. The van der Waals surface area contributed by atoms with E-state index in [2.05, 4.69) is 0 Å². The van der Waals surface area contributed by atoms with Crippen molar-refractivity contribution in [1.82, 2.24) is 9.55 Å². The molecule has 0 saturated heterocycles. The quantitative estimate of drug-likeness (QED) is 0.749. The van der Waals surface area contributed by atoms with Crippen LogP contribution in [0.25, 0.3) is 10.2 Å². The summed E-state index contributed by atoms with van der Waals surface area (Å²) in [6, 6.07) is 0. The second kappa shape index (κ2) is 4.63. The Morgan fingerprint density at radius 2 is 2.11 bits per heavy atom. The lowest BCUT2D eigenvalue weighted by Crippen LogP contribution is -2.24. The molecule has 0 radical (unpaired) electrons. The van der Waals surface area contributed by atoms with Crippen molar-refractivity contribution in [3.8, 4) is 0 Å². The molecule has 3 nitrogen and oxygen atoms in total. The SMILES string of the molecule is O=c1c2c3c(sc2nc2n1CCCCC2)CSCC3. The van der Waals surface area contributed by atoms with Crippen LogP contribution in [0.5, 0.6) is 0 Å². The normalized spacial score (nSPS) is 18.9. The van der Waals surface area contributed by atoms with Gasteiger partial charge in [0.05, 0.1) is 5.39 Å². The molecule has 0 saturated carbocycles. The van der Waals surface area contributed by atoms with Crippen LogP contribution in [0.2, 0.25) is 0 Å². The van der Waals surface area contributed by atoms with Gasteiger partial charge in [0, 0.05) is 23.6 Å². The Balaban J connectivity index is 2.02. The lowest BCUT2D eigenvalue weighted by atomic mass is 10.1. The molecule has 0 N–H and O–H groups in total. The fourth-order valence-corrected chi connectivity index (χ4v) is 5.46. The van der Waals surface area contributed by atoms with Crippen molar-refractivity contribution in [3.63, 3.8) is 0 Å². The molecule has 0 aromatic carbocycles. The Hall–Kier alpha value is -0.810. The van der Waals surface area contributed by atoms with Crippen molar-refractivity contribution in [2.24, 2.45) is 0 Å². The number of rotatable bonds is 0. The smallest absolute Gasteiger partial charge is 0.262 e. The molecule has 4 heterocycles. The lowest BCUT2D eigenvalue weighted by molar-refractivity contribution is 0.614. The molecule has 0 spiro atoms. The number of fused-ring (bicyclic) bond motifs is 4. The third-order valence-electron chi connectivity index (χ3n) is 4.08. The molecule has 0 bridgehead atoms. The first-order valence-electron chi connectivity index (χ1n) is 6.96. The summed E-state index contributed by atoms with van der Waals surface area (Å²) in [5.74, 6) is 3.21. The number of thioether (sulfide) groups is 1. The minimum atomic E-state index is 0.228. The van der Waals surface area contributed by atoms with Gasteiger partial charge in [-0.15, -0.1) is 11.3 Å². The molecule has 5 heteroatoms. The Morgan fingerprint density at radius 1 is 1.16 bits per heavy atom. The molecule has 2 aliphatic heterocycles. The van der Waals surface area contributed by atoms with Crippen molar-refractivity contribution in [2.45, 2.75) is 44.4 Å². The molecule has 100 valence electrons. The largest absolute Gasteiger partial charge is 0.296 e. The van der Waals surface area contributed by atoms with E-state index in [0.29, 0.717) is 0 Å². The van der Waals surface area contributed by atoms with Gasteiger partial charge in [0.2, 0.25) is 0 Å². The topological polar surface area (TPSA) is 34.9 Å². The molecular formula is C14H16N2OS2. The van der Waals surface area contributed by atoms with Crippen molar-refractivity contribution in [1.29, 1.82) is 0 Å². The van der Waals surface area contributed by atoms with Gasteiger partial charge < -0.3 is 0 Å². The molecule has 19 heavy (non-hydrogen) atoms. The van der Waals surface area contributed by atoms with Gasteiger partial charge in [-0.05, 0) is 30.6 Å². The molecule has 2 aromatic rings. The molecule has 4 rings (SSSR count). The summed E-state index contributed by atoms with van der Waals surface area (Å²) in [6.07, 6.45) is 5.49. The molecule has 0 unspecified atom stereocenters. The molecule has 2 aliphatic rings. The van der Waals surface area contributed by atoms with E-state index in [-0.39, 0.29) is 5.56 Å². The Bertz CT molecular complexity index is 702. The van der Waals surface area contributed by atoms with Gasteiger partial charge in [-0.25, -0.2) is 4.98 Å². The van der Waals surface area contributed by atoms with Crippen LogP contribution >= 0.6 is 23.1 Å². The summed E-state index contributed by atoms with van der Waals surface area (Å²) in [7, 11) is 0. The standard InChI is InChI=1S/C14H16N2OS2/c17-14-12-9-5-7-18-8-10(9)19-13(12)15-11-4-2-1-3-6-16(11)14/h1-8H2. The van der Waals surface area contributed by atoms with Crippen LogP contribution in [0, 0.1) is 0 Å². The van der Waals surface area contributed by atoms with Crippen molar-refractivity contribution in [3.05, 3.63) is 26.6 Å². The minimum Gasteiger partial charge on any atom is -0.296 e. The fraction of sp³-hybridized carbons (Fsp3) is 0.571. The maximum absolute atomic E-state index is 12.8. The van der Waals surface area contributed by atoms with E-state index >= 15 is 0 Å². The lowest BCUT2D eigenvalue weighted by Gasteiger charge is -2.11. The predicted molar refractivity (Wildman–Crippen MR) is 81.3 cm³/mol. The molecule has 0 atom stereocenters. The van der Waals surface area contributed by atoms with Gasteiger partial charge in [0.1, 0.15) is 10.7 Å².